The van der Waals surface area contributed by atoms with E-state index in [0.29, 0.717) is 36.0 Å². The molecule has 0 unspecified atom stereocenters. The van der Waals surface area contributed by atoms with Gasteiger partial charge >= 0.3 is 0 Å². The number of carbonyl (C=O) groups is 2. The van der Waals surface area contributed by atoms with Gasteiger partial charge in [0, 0.05) is 5.39 Å². The molecule has 2 aromatic heterocycles. The van der Waals surface area contributed by atoms with Crippen LogP contribution in [0.5, 0.6) is 0 Å². The summed E-state index contributed by atoms with van der Waals surface area (Å²) in [6.07, 6.45) is 1.23. The average molecular weight is 445 g/mol. The summed E-state index contributed by atoms with van der Waals surface area (Å²) < 4.78 is 15.1. The maximum absolute atomic E-state index is 13.3. The lowest BCUT2D eigenvalue weighted by Crippen LogP contribution is -2.19. The Morgan fingerprint density at radius 2 is 1.79 bits per heavy atom. The second kappa shape index (κ2) is 9.20. The molecular weight excluding hydrogens is 421 g/mol. The predicted molar refractivity (Wildman–Crippen MR) is 125 cm³/mol. The lowest BCUT2D eigenvalue weighted by atomic mass is 10.1. The van der Waals surface area contributed by atoms with Crippen LogP contribution in [0.4, 0.5) is 10.1 Å². The van der Waals surface area contributed by atoms with Gasteiger partial charge in [0.1, 0.15) is 11.5 Å². The van der Waals surface area contributed by atoms with Crippen LogP contribution in [0.2, 0.25) is 0 Å². The minimum Gasteiger partial charge on any atom is -0.366 e. The molecule has 2 aromatic carbocycles. The topological polar surface area (TPSA) is 103 Å². The second-order valence-electron chi connectivity index (χ2n) is 7.65. The van der Waals surface area contributed by atoms with E-state index < -0.39 is 11.8 Å². The number of halogens is 1. The van der Waals surface area contributed by atoms with Crippen molar-refractivity contribution in [3.8, 4) is 0 Å². The summed E-state index contributed by atoms with van der Waals surface area (Å²) in [4.78, 5) is 29.6. The molecule has 0 saturated carbocycles. The number of primary amides is 1. The molecule has 2 amide bonds. The minimum atomic E-state index is -0.627. The predicted octanol–water partition coefficient (Wildman–Crippen LogP) is 4.09. The van der Waals surface area contributed by atoms with Crippen molar-refractivity contribution < 1.29 is 14.0 Å². The van der Waals surface area contributed by atoms with E-state index in [-0.39, 0.29) is 17.1 Å². The van der Waals surface area contributed by atoms with Gasteiger partial charge in [0.15, 0.2) is 0 Å². The Hall–Kier alpha value is -4.07. The van der Waals surface area contributed by atoms with E-state index in [1.54, 1.807) is 36.4 Å². The number of para-hydroxylation sites is 1. The number of nitrogens with two attached hydrogens (primary N) is 1. The van der Waals surface area contributed by atoms with Gasteiger partial charge in [-0.3, -0.25) is 14.3 Å². The lowest BCUT2D eigenvalue weighted by molar-refractivity contribution is 0.100. The highest BCUT2D eigenvalue weighted by molar-refractivity contribution is 6.10. The van der Waals surface area contributed by atoms with Crippen LogP contribution in [0.1, 0.15) is 51.6 Å². The Morgan fingerprint density at radius 3 is 2.45 bits per heavy atom. The first-order chi connectivity index (χ1) is 15.9. The van der Waals surface area contributed by atoms with Crippen LogP contribution in [0.15, 0.2) is 54.6 Å². The summed E-state index contributed by atoms with van der Waals surface area (Å²) >= 11 is 0. The van der Waals surface area contributed by atoms with Crippen molar-refractivity contribution in [3.63, 3.8) is 0 Å². The molecule has 4 rings (SSSR count). The summed E-state index contributed by atoms with van der Waals surface area (Å²) in [7, 11) is 0. The fourth-order valence-electron chi connectivity index (χ4n) is 3.87. The number of pyridine rings is 1. The third kappa shape index (κ3) is 4.45. The number of aryl methyl sites for hydroxylation is 1. The monoisotopic (exact) mass is 445 g/mol. The van der Waals surface area contributed by atoms with Crippen molar-refractivity contribution in [3.05, 3.63) is 88.6 Å². The number of fused-ring (bicyclic) bond motifs is 1. The second-order valence-corrected chi connectivity index (χ2v) is 7.65. The van der Waals surface area contributed by atoms with E-state index in [0.717, 1.165) is 17.0 Å². The zero-order valence-electron chi connectivity index (χ0n) is 18.4. The molecular formula is C25H24FN5O2. The number of amides is 2. The molecule has 0 aliphatic heterocycles. The van der Waals surface area contributed by atoms with E-state index in [4.69, 9.17) is 5.73 Å². The zero-order chi connectivity index (χ0) is 23.5. The summed E-state index contributed by atoms with van der Waals surface area (Å²) in [5, 5.41) is 8.21. The Balaban J connectivity index is 1.70. The van der Waals surface area contributed by atoms with Crippen LogP contribution in [0.25, 0.3) is 10.9 Å². The quantitative estimate of drug-likeness (QED) is 0.447. The van der Waals surface area contributed by atoms with Gasteiger partial charge in [-0.25, -0.2) is 9.37 Å². The molecule has 8 heteroatoms. The summed E-state index contributed by atoms with van der Waals surface area (Å²) in [5.41, 5.74) is 9.50. The first kappa shape index (κ1) is 22.1. The number of hydrogen-bond donors (Lipinski definition) is 2. The number of aromatic nitrogens is 3. The van der Waals surface area contributed by atoms with Crippen molar-refractivity contribution in [1.82, 2.24) is 14.8 Å². The number of anilines is 1. The number of carbonyl (C=O) groups excluding carboxylic acids is 2. The van der Waals surface area contributed by atoms with E-state index in [9.17, 15) is 14.0 Å². The molecule has 7 nitrogen and oxygen atoms in total. The largest absolute Gasteiger partial charge is 0.366 e. The molecule has 0 aliphatic rings. The number of rotatable bonds is 7. The molecule has 33 heavy (non-hydrogen) atoms. The molecule has 0 fully saturated rings. The first-order valence-electron chi connectivity index (χ1n) is 10.7. The molecule has 0 atom stereocenters. The maximum atomic E-state index is 13.3. The third-order valence-corrected chi connectivity index (χ3v) is 5.50. The van der Waals surface area contributed by atoms with Gasteiger partial charge in [-0.15, -0.1) is 0 Å². The molecule has 2 heterocycles. The highest BCUT2D eigenvalue weighted by Gasteiger charge is 2.21. The van der Waals surface area contributed by atoms with Crippen molar-refractivity contribution >= 4 is 28.4 Å². The zero-order valence-corrected chi connectivity index (χ0v) is 18.4. The Bertz CT molecular complexity index is 1350. The average Bonchev–Trinajstić information content (AvgIpc) is 3.15. The summed E-state index contributed by atoms with van der Waals surface area (Å²) in [6, 6.07) is 14.7. The highest BCUT2D eigenvalue weighted by Crippen LogP contribution is 2.25. The number of nitrogens with one attached hydrogen (secondary N) is 1. The molecule has 0 saturated heterocycles. The smallest absolute Gasteiger partial charge is 0.274 e. The molecule has 168 valence electrons. The van der Waals surface area contributed by atoms with E-state index in [1.165, 1.54) is 18.2 Å². The van der Waals surface area contributed by atoms with Gasteiger partial charge in [0.25, 0.3) is 5.91 Å². The van der Waals surface area contributed by atoms with Gasteiger partial charge in [-0.05, 0) is 42.7 Å². The summed E-state index contributed by atoms with van der Waals surface area (Å²) in [6.45, 7) is 4.39. The van der Waals surface area contributed by atoms with Gasteiger partial charge in [0.05, 0.1) is 34.7 Å². The molecule has 4 aromatic rings. The molecule has 0 bridgehead atoms. The van der Waals surface area contributed by atoms with E-state index >= 15 is 0 Å². The number of benzene rings is 2. The van der Waals surface area contributed by atoms with Gasteiger partial charge in [-0.1, -0.05) is 44.2 Å². The normalized spacial score (nSPS) is 11.0. The lowest BCUT2D eigenvalue weighted by Gasteiger charge is -2.11. The number of hydrogen-bond acceptors (Lipinski definition) is 4. The van der Waals surface area contributed by atoms with Crippen LogP contribution >= 0.6 is 0 Å². The summed E-state index contributed by atoms with van der Waals surface area (Å²) in [5.74, 6) is -1.37. The van der Waals surface area contributed by atoms with Crippen molar-refractivity contribution in [2.24, 2.45) is 5.73 Å². The Labute approximate surface area is 190 Å². The standard InChI is InChI=1S/C25H24FN5O2/c1-3-19-23(22(4-2)31(30-19)14-15-9-11-16(26)12-10-15)29-25(33)21-13-18(24(27)32)17-7-5-6-8-20(17)28-21/h5-13H,3-4,14H2,1-2H3,(H2,27,32)(H,29,33). The highest BCUT2D eigenvalue weighted by atomic mass is 19.1. The van der Waals surface area contributed by atoms with Crippen LogP contribution in [-0.4, -0.2) is 26.6 Å². The maximum Gasteiger partial charge on any atom is 0.274 e. The number of nitrogens with zero attached hydrogens (tertiary/aromatic N) is 3. The van der Waals surface area contributed by atoms with Crippen LogP contribution in [0.3, 0.4) is 0 Å². The van der Waals surface area contributed by atoms with Crippen LogP contribution in [-0.2, 0) is 19.4 Å². The van der Waals surface area contributed by atoms with E-state index in [2.05, 4.69) is 15.4 Å². The first-order valence-corrected chi connectivity index (χ1v) is 10.7. The third-order valence-electron chi connectivity index (χ3n) is 5.50. The van der Waals surface area contributed by atoms with Crippen molar-refractivity contribution in [1.29, 1.82) is 0 Å². The fourth-order valence-corrected chi connectivity index (χ4v) is 3.87. The van der Waals surface area contributed by atoms with Gasteiger partial charge < -0.3 is 11.1 Å². The van der Waals surface area contributed by atoms with Crippen LogP contribution in [0, 0.1) is 5.82 Å². The SMILES string of the molecule is CCc1nn(Cc2ccc(F)cc2)c(CC)c1NC(=O)c1cc(C(N)=O)c2ccccc2n1. The Kier molecular flexibility index (Phi) is 6.17. The van der Waals surface area contributed by atoms with Crippen molar-refractivity contribution in [2.45, 2.75) is 33.2 Å². The molecule has 0 spiro atoms. The van der Waals surface area contributed by atoms with Gasteiger partial charge in [-0.2, -0.15) is 5.10 Å². The molecule has 0 radical (unpaired) electrons. The Morgan fingerprint density at radius 1 is 1.06 bits per heavy atom. The molecule has 0 aliphatic carbocycles. The molecule has 3 N–H and O–H groups in total. The van der Waals surface area contributed by atoms with Crippen LogP contribution < -0.4 is 11.1 Å². The van der Waals surface area contributed by atoms with E-state index in [1.807, 2.05) is 18.5 Å². The fraction of sp³-hybridized carbons (Fsp3) is 0.200. The van der Waals surface area contributed by atoms with Crippen molar-refractivity contribution in [2.75, 3.05) is 5.32 Å². The minimum absolute atomic E-state index is 0.0953. The van der Waals surface area contributed by atoms with Gasteiger partial charge in [0.2, 0.25) is 5.91 Å².